The first kappa shape index (κ1) is 19.1. The number of amides is 1. The van der Waals surface area contributed by atoms with Crippen LogP contribution in [0.1, 0.15) is 30.6 Å². The van der Waals surface area contributed by atoms with Crippen LogP contribution < -0.4 is 4.74 Å². The summed E-state index contributed by atoms with van der Waals surface area (Å²) in [5, 5.41) is 9.06. The summed E-state index contributed by atoms with van der Waals surface area (Å²) in [5.74, 6) is -1.87. The minimum Gasteiger partial charge on any atom is -0.493 e. The second-order valence-corrected chi connectivity index (χ2v) is 6.59. The number of rotatable bonds is 5. The Morgan fingerprint density at radius 2 is 2.04 bits per heavy atom. The van der Waals surface area contributed by atoms with Gasteiger partial charge in [-0.15, -0.1) is 0 Å². The van der Waals surface area contributed by atoms with E-state index in [1.807, 2.05) is 13.8 Å². The second-order valence-electron chi connectivity index (χ2n) is 6.59. The Morgan fingerprint density at radius 3 is 2.56 bits per heavy atom. The van der Waals surface area contributed by atoms with Crippen molar-refractivity contribution < 1.29 is 32.6 Å². The Hall–Kier alpha value is -2.25. The van der Waals surface area contributed by atoms with Gasteiger partial charge in [0.25, 0.3) is 5.91 Å². The van der Waals surface area contributed by atoms with Crippen LogP contribution in [-0.2, 0) is 4.79 Å². The Morgan fingerprint density at radius 1 is 1.36 bits per heavy atom. The smallest absolute Gasteiger partial charge is 0.406 e. The summed E-state index contributed by atoms with van der Waals surface area (Å²) in [4.78, 5) is 24.6. The number of carbonyl (C=O) groups is 2. The number of carboxylic acid groups (broad SMARTS) is 1. The zero-order valence-electron chi connectivity index (χ0n) is 14.0. The van der Waals surface area contributed by atoms with Crippen molar-refractivity contribution in [2.24, 2.45) is 11.3 Å². The van der Waals surface area contributed by atoms with Crippen LogP contribution in [0.4, 0.5) is 13.2 Å². The molecule has 1 atom stereocenters. The molecule has 0 radical (unpaired) electrons. The molecule has 1 N–H and O–H groups in total. The van der Waals surface area contributed by atoms with E-state index >= 15 is 0 Å². The van der Waals surface area contributed by atoms with Crippen LogP contribution in [0.2, 0.25) is 0 Å². The lowest BCUT2D eigenvalue weighted by Gasteiger charge is -2.27. The highest BCUT2D eigenvalue weighted by Gasteiger charge is 2.64. The highest BCUT2D eigenvalue weighted by molar-refractivity contribution is 5.95. The predicted octanol–water partition coefficient (Wildman–Crippen LogP) is 3.20. The first-order chi connectivity index (χ1) is 11.6. The average Bonchev–Trinajstić information content (AvgIpc) is 2.99. The van der Waals surface area contributed by atoms with Crippen molar-refractivity contribution in [1.82, 2.24) is 4.90 Å². The maximum absolute atomic E-state index is 13.2. The van der Waals surface area contributed by atoms with E-state index in [2.05, 4.69) is 0 Å². The molecule has 138 valence electrons. The number of likely N-dealkylation sites (tertiary alicyclic amines) is 1. The average molecular weight is 359 g/mol. The lowest BCUT2D eigenvalue weighted by atomic mass is 9.86. The molecule has 8 heteroatoms. The molecular weight excluding hydrogens is 339 g/mol. The summed E-state index contributed by atoms with van der Waals surface area (Å²) >= 11 is 0. The number of aliphatic carboxylic acids is 1. The first-order valence-corrected chi connectivity index (χ1v) is 7.89. The SMILES string of the molecule is CC(C)COc1cccc(C(=O)N2CCC(C(=O)O)(C(F)(F)F)C2)c1. The molecule has 1 aromatic rings. The molecule has 1 unspecified atom stereocenters. The van der Waals surface area contributed by atoms with Crippen LogP contribution in [0.15, 0.2) is 24.3 Å². The molecule has 25 heavy (non-hydrogen) atoms. The summed E-state index contributed by atoms with van der Waals surface area (Å²) in [7, 11) is 0. The van der Waals surface area contributed by atoms with Gasteiger partial charge in [0.15, 0.2) is 5.41 Å². The lowest BCUT2D eigenvalue weighted by Crippen LogP contribution is -2.47. The maximum Gasteiger partial charge on any atom is 0.406 e. The Balaban J connectivity index is 2.17. The lowest BCUT2D eigenvalue weighted by molar-refractivity contribution is -0.227. The minimum atomic E-state index is -4.92. The van der Waals surface area contributed by atoms with Crippen LogP contribution in [0.5, 0.6) is 5.75 Å². The number of carboxylic acids is 1. The summed E-state index contributed by atoms with van der Waals surface area (Å²) in [6, 6.07) is 6.16. The van der Waals surface area contributed by atoms with E-state index in [0.29, 0.717) is 12.4 Å². The molecule has 2 rings (SSSR count). The number of carbonyl (C=O) groups excluding carboxylic acids is 1. The summed E-state index contributed by atoms with van der Waals surface area (Å²) in [6.07, 6.45) is -5.57. The molecule has 5 nitrogen and oxygen atoms in total. The molecule has 0 saturated carbocycles. The molecule has 1 amide bonds. The van der Waals surface area contributed by atoms with Gasteiger partial charge in [-0.05, 0) is 30.5 Å². The van der Waals surface area contributed by atoms with Gasteiger partial charge in [0.1, 0.15) is 5.75 Å². The highest BCUT2D eigenvalue weighted by atomic mass is 19.4. The summed E-state index contributed by atoms with van der Waals surface area (Å²) < 4.78 is 45.1. The van der Waals surface area contributed by atoms with Gasteiger partial charge < -0.3 is 14.7 Å². The minimum absolute atomic E-state index is 0.171. The molecule has 1 aliphatic heterocycles. The van der Waals surface area contributed by atoms with E-state index in [1.165, 1.54) is 12.1 Å². The fourth-order valence-corrected chi connectivity index (χ4v) is 2.67. The molecule has 1 saturated heterocycles. The molecule has 0 bridgehead atoms. The van der Waals surface area contributed by atoms with Crippen LogP contribution in [0, 0.1) is 11.3 Å². The third-order valence-electron chi connectivity index (χ3n) is 4.17. The van der Waals surface area contributed by atoms with Crippen LogP contribution in [0.3, 0.4) is 0 Å². The van der Waals surface area contributed by atoms with Gasteiger partial charge in [0.05, 0.1) is 6.61 Å². The van der Waals surface area contributed by atoms with Crippen molar-refractivity contribution in [3.05, 3.63) is 29.8 Å². The molecule has 0 aromatic heterocycles. The predicted molar refractivity (Wildman–Crippen MR) is 83.4 cm³/mol. The molecule has 1 heterocycles. The number of hydrogen-bond acceptors (Lipinski definition) is 3. The van der Waals surface area contributed by atoms with Crippen LogP contribution in [0.25, 0.3) is 0 Å². The van der Waals surface area contributed by atoms with Crippen molar-refractivity contribution in [3.8, 4) is 5.75 Å². The molecule has 0 aliphatic carbocycles. The fraction of sp³-hybridized carbons (Fsp3) is 0.529. The zero-order chi connectivity index (χ0) is 18.8. The standard InChI is InChI=1S/C17H20F3NO4/c1-11(2)9-25-13-5-3-4-12(8-13)14(22)21-7-6-16(10-21,15(23)24)17(18,19)20/h3-5,8,11H,6-7,9-10H2,1-2H3,(H,23,24). The van der Waals surface area contributed by atoms with Gasteiger partial charge in [-0.1, -0.05) is 19.9 Å². The summed E-state index contributed by atoms with van der Waals surface area (Å²) in [5.41, 5.74) is -2.74. The Kier molecular flexibility index (Phi) is 5.29. The van der Waals surface area contributed by atoms with Crippen molar-refractivity contribution in [2.75, 3.05) is 19.7 Å². The fourth-order valence-electron chi connectivity index (χ4n) is 2.67. The zero-order valence-corrected chi connectivity index (χ0v) is 14.0. The number of ether oxygens (including phenoxy) is 1. The van der Waals surface area contributed by atoms with E-state index < -0.39 is 36.4 Å². The van der Waals surface area contributed by atoms with E-state index in [1.54, 1.807) is 12.1 Å². The number of halogens is 3. The molecule has 1 aliphatic rings. The first-order valence-electron chi connectivity index (χ1n) is 7.89. The Labute approximate surface area is 143 Å². The van der Waals surface area contributed by atoms with Crippen molar-refractivity contribution >= 4 is 11.9 Å². The molecule has 1 aromatic carbocycles. The Bertz CT molecular complexity index is 660. The summed E-state index contributed by atoms with van der Waals surface area (Å²) in [6.45, 7) is 3.21. The van der Waals surface area contributed by atoms with Crippen molar-refractivity contribution in [2.45, 2.75) is 26.4 Å². The van der Waals surface area contributed by atoms with Crippen LogP contribution >= 0.6 is 0 Å². The largest absolute Gasteiger partial charge is 0.493 e. The van der Waals surface area contributed by atoms with Gasteiger partial charge in [0.2, 0.25) is 0 Å². The van der Waals surface area contributed by atoms with E-state index in [0.717, 1.165) is 4.90 Å². The second kappa shape index (κ2) is 6.93. The molecular formula is C17H20F3NO4. The van der Waals surface area contributed by atoms with E-state index in [-0.39, 0.29) is 18.0 Å². The quantitative estimate of drug-likeness (QED) is 0.877. The van der Waals surface area contributed by atoms with Gasteiger partial charge in [-0.2, -0.15) is 13.2 Å². The highest BCUT2D eigenvalue weighted by Crippen LogP contribution is 2.46. The van der Waals surface area contributed by atoms with E-state index in [4.69, 9.17) is 9.84 Å². The number of nitrogens with zero attached hydrogens (tertiary/aromatic N) is 1. The third kappa shape index (κ3) is 3.88. The topological polar surface area (TPSA) is 66.8 Å². The number of benzene rings is 1. The van der Waals surface area contributed by atoms with Gasteiger partial charge in [-0.3, -0.25) is 9.59 Å². The van der Waals surface area contributed by atoms with Crippen molar-refractivity contribution in [3.63, 3.8) is 0 Å². The molecule has 0 spiro atoms. The normalized spacial score (nSPS) is 20.8. The number of alkyl halides is 3. The van der Waals surface area contributed by atoms with Gasteiger partial charge in [-0.25, -0.2) is 0 Å². The van der Waals surface area contributed by atoms with Gasteiger partial charge >= 0.3 is 12.1 Å². The van der Waals surface area contributed by atoms with Gasteiger partial charge in [0, 0.05) is 18.7 Å². The van der Waals surface area contributed by atoms with E-state index in [9.17, 15) is 22.8 Å². The van der Waals surface area contributed by atoms with Crippen molar-refractivity contribution in [1.29, 1.82) is 0 Å². The maximum atomic E-state index is 13.2. The third-order valence-corrected chi connectivity index (χ3v) is 4.17. The number of hydrogen-bond donors (Lipinski definition) is 1. The molecule has 1 fully saturated rings. The van der Waals surface area contributed by atoms with Crippen LogP contribution in [-0.4, -0.2) is 47.8 Å². The monoisotopic (exact) mass is 359 g/mol.